The predicted molar refractivity (Wildman–Crippen MR) is 337 cm³/mol. The Morgan fingerprint density at radius 3 is 1.51 bits per heavy atom. The molecule has 2 aliphatic heterocycles. The quantitative estimate of drug-likeness (QED) is 0.133. The molecule has 0 radical (unpaired) electrons. The Morgan fingerprint density at radius 2 is 0.910 bits per heavy atom. The van der Waals surface area contributed by atoms with Gasteiger partial charge >= 0.3 is 0 Å². The van der Waals surface area contributed by atoms with E-state index >= 15 is 0 Å². The molecule has 0 amide bonds. The number of nitrogens with zero attached hydrogens (tertiary/aromatic N) is 2. The average molecular weight is 1020 g/mol. The summed E-state index contributed by atoms with van der Waals surface area (Å²) in [5.41, 5.74) is 26.6. The van der Waals surface area contributed by atoms with Crippen LogP contribution in [0.3, 0.4) is 0 Å². The summed E-state index contributed by atoms with van der Waals surface area (Å²) in [4.78, 5) is 5.39. The molecule has 0 saturated carbocycles. The van der Waals surface area contributed by atoms with Gasteiger partial charge in [0, 0.05) is 44.8 Å². The van der Waals surface area contributed by atoms with Gasteiger partial charge in [0.2, 0.25) is 0 Å². The summed E-state index contributed by atoms with van der Waals surface area (Å²) in [6.07, 6.45) is 2.29. The summed E-state index contributed by atoms with van der Waals surface area (Å²) in [6, 6.07) is 77.1. The van der Waals surface area contributed by atoms with Gasteiger partial charge in [0.1, 0.15) is 0 Å². The Balaban J connectivity index is 1.21. The van der Waals surface area contributed by atoms with Gasteiger partial charge in [-0.3, -0.25) is 0 Å². The zero-order valence-corrected chi connectivity index (χ0v) is 48.5. The summed E-state index contributed by atoms with van der Waals surface area (Å²) in [6.45, 7) is 31.3. The molecule has 0 saturated heterocycles. The first-order valence-electron chi connectivity index (χ1n) is 28.8. The number of fused-ring (bicyclic) bond motifs is 5. The molecule has 78 heavy (non-hydrogen) atoms. The maximum Gasteiger partial charge on any atom is 0.252 e. The van der Waals surface area contributed by atoms with E-state index in [1.807, 2.05) is 0 Å². The summed E-state index contributed by atoms with van der Waals surface area (Å²) in [5.74, 6) is 0.257. The molecule has 0 spiro atoms. The standard InChI is InChI=1S/C75H77BN2/c1-49(2)51-42-68-70-69(43-51)78(65-39-37-54(71(3,4)5)45-60(65)59-35-24-23-34-58(59)50-26-17-14-18-27-50)67-48-62-61(72(6,7)40-41-73(62,8)9)47-64(67)76(70)63-38-36-56(75(12,13)53-30-21-16-22-31-53)46-66(63)77(68)57-33-25-32-55(44-57)74(10,11)52-28-19-15-20-29-52/h14-39,42-49H,40-41H2,1-13H3. The van der Waals surface area contributed by atoms with E-state index in [0.29, 0.717) is 0 Å². The minimum atomic E-state index is -0.258. The largest absolute Gasteiger partial charge is 0.311 e. The van der Waals surface area contributed by atoms with Crippen molar-refractivity contribution >= 4 is 57.2 Å². The van der Waals surface area contributed by atoms with Crippen LogP contribution >= 0.6 is 0 Å². The van der Waals surface area contributed by atoms with E-state index < -0.39 is 0 Å². The molecule has 9 aromatic carbocycles. The third kappa shape index (κ3) is 8.46. The molecule has 0 aromatic heterocycles. The summed E-state index contributed by atoms with van der Waals surface area (Å²) >= 11 is 0. The van der Waals surface area contributed by atoms with Crippen LogP contribution in [-0.2, 0) is 27.1 Å². The van der Waals surface area contributed by atoms with Crippen molar-refractivity contribution in [2.24, 2.45) is 0 Å². The fourth-order valence-electron chi connectivity index (χ4n) is 13.4. The lowest BCUT2D eigenvalue weighted by Gasteiger charge is -2.48. The second-order valence-corrected chi connectivity index (χ2v) is 26.7. The normalized spacial score (nSPS) is 15.4. The van der Waals surface area contributed by atoms with E-state index in [4.69, 9.17) is 0 Å². The van der Waals surface area contributed by atoms with Crippen molar-refractivity contribution in [2.75, 3.05) is 9.80 Å². The van der Waals surface area contributed by atoms with Crippen LogP contribution in [0.15, 0.2) is 200 Å². The average Bonchev–Trinajstić information content (AvgIpc) is 3.62. The van der Waals surface area contributed by atoms with Crippen LogP contribution in [0.1, 0.15) is 153 Å². The van der Waals surface area contributed by atoms with Crippen molar-refractivity contribution in [1.29, 1.82) is 0 Å². The van der Waals surface area contributed by atoms with Crippen LogP contribution in [0.5, 0.6) is 0 Å². The summed E-state index contributed by atoms with van der Waals surface area (Å²) in [7, 11) is 0. The molecule has 12 rings (SSSR count). The number of benzene rings is 9. The number of anilines is 6. The molecule has 390 valence electrons. The zero-order chi connectivity index (χ0) is 54.7. The molecule has 0 N–H and O–H groups in total. The molecule has 0 bridgehead atoms. The highest BCUT2D eigenvalue weighted by atomic mass is 15.2. The van der Waals surface area contributed by atoms with Crippen molar-refractivity contribution in [2.45, 2.75) is 136 Å². The molecular weight excluding hydrogens is 940 g/mol. The SMILES string of the molecule is CC(C)c1cc2c3c(c1)N(c1ccc(C(C)(C)C)cc1-c1ccccc1-c1ccccc1)c1cc4c(cc1B3c1ccc(C(C)(C)c3ccccc3)cc1N2c1cccc(C(C)(C)c2ccccc2)c1)C(C)(C)CCC4(C)C. The van der Waals surface area contributed by atoms with E-state index in [1.54, 1.807) is 0 Å². The first-order chi connectivity index (χ1) is 37.1. The Bertz CT molecular complexity index is 3760. The fourth-order valence-corrected chi connectivity index (χ4v) is 13.4. The zero-order valence-electron chi connectivity index (χ0n) is 48.5. The van der Waals surface area contributed by atoms with Crippen LogP contribution in [0, 0.1) is 0 Å². The van der Waals surface area contributed by atoms with E-state index in [9.17, 15) is 0 Å². The first-order valence-corrected chi connectivity index (χ1v) is 28.8. The molecular formula is C75H77BN2. The summed E-state index contributed by atoms with van der Waals surface area (Å²) in [5, 5.41) is 0. The lowest BCUT2D eigenvalue weighted by molar-refractivity contribution is 0.332. The van der Waals surface area contributed by atoms with Gasteiger partial charge in [-0.2, -0.15) is 0 Å². The minimum Gasteiger partial charge on any atom is -0.311 e. The highest BCUT2D eigenvalue weighted by Gasteiger charge is 2.47. The lowest BCUT2D eigenvalue weighted by atomic mass is 9.33. The van der Waals surface area contributed by atoms with Crippen LogP contribution in [0.4, 0.5) is 34.1 Å². The lowest BCUT2D eigenvalue weighted by Crippen LogP contribution is -2.62. The van der Waals surface area contributed by atoms with Crippen LogP contribution < -0.4 is 26.2 Å². The van der Waals surface area contributed by atoms with E-state index in [-0.39, 0.29) is 39.7 Å². The van der Waals surface area contributed by atoms with E-state index in [1.165, 1.54) is 117 Å². The van der Waals surface area contributed by atoms with Gasteiger partial charge in [0.15, 0.2) is 0 Å². The van der Waals surface area contributed by atoms with Crippen molar-refractivity contribution < 1.29 is 0 Å². The molecule has 3 heteroatoms. The molecule has 9 aromatic rings. The summed E-state index contributed by atoms with van der Waals surface area (Å²) < 4.78 is 0. The Kier molecular flexibility index (Phi) is 12.3. The molecule has 3 aliphatic rings. The Morgan fingerprint density at radius 1 is 0.397 bits per heavy atom. The smallest absolute Gasteiger partial charge is 0.252 e. The maximum atomic E-state index is 2.73. The molecule has 0 unspecified atom stereocenters. The Labute approximate surface area is 467 Å². The highest BCUT2D eigenvalue weighted by molar-refractivity contribution is 7.00. The van der Waals surface area contributed by atoms with Gasteiger partial charge in [-0.25, -0.2) is 0 Å². The third-order valence-electron chi connectivity index (χ3n) is 18.7. The van der Waals surface area contributed by atoms with Crippen molar-refractivity contribution in [3.05, 3.63) is 245 Å². The second kappa shape index (κ2) is 18.7. The molecule has 0 fully saturated rings. The first kappa shape index (κ1) is 51.4. The molecule has 2 nitrogen and oxygen atoms in total. The number of hydrogen-bond donors (Lipinski definition) is 0. The van der Waals surface area contributed by atoms with Gasteiger partial charge in [-0.15, -0.1) is 0 Å². The highest BCUT2D eigenvalue weighted by Crippen LogP contribution is 2.53. The van der Waals surface area contributed by atoms with Crippen LogP contribution in [0.2, 0.25) is 0 Å². The fraction of sp³-hybridized carbons (Fsp3) is 0.280. The molecule has 1 aliphatic carbocycles. The van der Waals surface area contributed by atoms with Gasteiger partial charge < -0.3 is 9.80 Å². The van der Waals surface area contributed by atoms with Crippen LogP contribution in [0.25, 0.3) is 22.3 Å². The van der Waals surface area contributed by atoms with Crippen molar-refractivity contribution in [1.82, 2.24) is 0 Å². The maximum absolute atomic E-state index is 2.73. The number of hydrogen-bond acceptors (Lipinski definition) is 2. The van der Waals surface area contributed by atoms with Gasteiger partial charge in [0.25, 0.3) is 6.71 Å². The monoisotopic (exact) mass is 1020 g/mol. The van der Waals surface area contributed by atoms with E-state index in [0.717, 1.165) is 12.8 Å². The van der Waals surface area contributed by atoms with Crippen molar-refractivity contribution in [3.8, 4) is 22.3 Å². The van der Waals surface area contributed by atoms with Gasteiger partial charge in [-0.1, -0.05) is 242 Å². The molecule has 2 heterocycles. The second-order valence-electron chi connectivity index (χ2n) is 26.7. The predicted octanol–water partition coefficient (Wildman–Crippen LogP) is 18.5. The van der Waals surface area contributed by atoms with Gasteiger partial charge in [0.05, 0.1) is 5.69 Å². The van der Waals surface area contributed by atoms with E-state index in [2.05, 4.69) is 300 Å². The third-order valence-corrected chi connectivity index (χ3v) is 18.7. The van der Waals surface area contributed by atoms with Crippen LogP contribution in [-0.4, -0.2) is 6.71 Å². The number of rotatable bonds is 9. The Hall–Kier alpha value is -7.36. The topological polar surface area (TPSA) is 6.48 Å². The molecule has 0 atom stereocenters. The minimum absolute atomic E-state index is 0.00253. The van der Waals surface area contributed by atoms with Gasteiger partial charge in [-0.05, 0) is 161 Å². The van der Waals surface area contributed by atoms with Crippen molar-refractivity contribution in [3.63, 3.8) is 0 Å².